The van der Waals surface area contributed by atoms with E-state index in [9.17, 15) is 9.59 Å². The third-order valence-electron chi connectivity index (χ3n) is 4.12. The molecule has 3 aromatic heterocycles. The van der Waals surface area contributed by atoms with E-state index in [0.717, 1.165) is 5.56 Å². The first-order chi connectivity index (χ1) is 12.9. The molecular weight excluding hydrogens is 366 g/mol. The summed E-state index contributed by atoms with van der Waals surface area (Å²) in [5, 5.41) is 7.22. The Morgan fingerprint density at radius 2 is 2.11 bits per heavy atom. The molecule has 4 rings (SSSR count). The summed E-state index contributed by atoms with van der Waals surface area (Å²) >= 11 is 1.20. The number of fused-ring (bicyclic) bond motifs is 1. The molecule has 4 aromatic rings. The Morgan fingerprint density at radius 3 is 2.85 bits per heavy atom. The molecular formula is C18H15N5O3S. The molecule has 0 spiro atoms. The normalized spacial score (nSPS) is 11.1. The van der Waals surface area contributed by atoms with Gasteiger partial charge in [-0.1, -0.05) is 17.3 Å². The number of hydrogen-bond acceptors (Lipinski definition) is 7. The third kappa shape index (κ3) is 3.02. The number of nitrogens with one attached hydrogen (secondary N) is 1. The van der Waals surface area contributed by atoms with Gasteiger partial charge in [0.15, 0.2) is 0 Å². The lowest BCUT2D eigenvalue weighted by Crippen LogP contribution is -2.17. The molecule has 0 aliphatic rings. The maximum absolute atomic E-state index is 12.8. The van der Waals surface area contributed by atoms with E-state index < -0.39 is 0 Å². The Balaban J connectivity index is 1.67. The number of thiophene rings is 1. The molecule has 8 nitrogen and oxygen atoms in total. The van der Waals surface area contributed by atoms with Gasteiger partial charge < -0.3 is 14.4 Å². The average molecular weight is 381 g/mol. The topological polar surface area (TPSA) is 103 Å². The van der Waals surface area contributed by atoms with E-state index in [1.807, 2.05) is 6.07 Å². The fourth-order valence-corrected chi connectivity index (χ4v) is 3.80. The number of hydrogen-bond donors (Lipinski definition) is 1. The predicted molar refractivity (Wildman–Crippen MR) is 102 cm³/mol. The minimum Gasteiger partial charge on any atom is -0.339 e. The van der Waals surface area contributed by atoms with Crippen molar-refractivity contribution >= 4 is 33.1 Å². The number of anilines is 1. The van der Waals surface area contributed by atoms with Crippen molar-refractivity contribution in [3.8, 4) is 11.4 Å². The molecule has 0 unspecified atom stereocenters. The molecule has 0 radical (unpaired) electrons. The van der Waals surface area contributed by atoms with Gasteiger partial charge in [-0.05, 0) is 24.6 Å². The fourth-order valence-electron chi connectivity index (χ4n) is 2.77. The third-order valence-corrected chi connectivity index (χ3v) is 5.32. The molecule has 0 bridgehead atoms. The molecule has 27 heavy (non-hydrogen) atoms. The second kappa shape index (κ2) is 6.44. The smallest absolute Gasteiger partial charge is 0.266 e. The molecule has 0 saturated carbocycles. The van der Waals surface area contributed by atoms with Crippen molar-refractivity contribution in [3.05, 3.63) is 57.3 Å². The molecule has 1 N–H and O–H groups in total. The van der Waals surface area contributed by atoms with Crippen molar-refractivity contribution in [1.29, 1.82) is 0 Å². The summed E-state index contributed by atoms with van der Waals surface area (Å²) in [7, 11) is 1.64. The first-order valence-corrected chi connectivity index (χ1v) is 8.92. The van der Waals surface area contributed by atoms with E-state index in [2.05, 4.69) is 20.4 Å². The number of aryl methyl sites for hydroxylation is 3. The summed E-state index contributed by atoms with van der Waals surface area (Å²) in [6.07, 6.45) is 1.46. The highest BCUT2D eigenvalue weighted by molar-refractivity contribution is 7.20. The lowest BCUT2D eigenvalue weighted by molar-refractivity contribution is 0.103. The minimum atomic E-state index is -0.293. The fraction of sp³-hybridized carbons (Fsp3) is 0.167. The van der Waals surface area contributed by atoms with Crippen molar-refractivity contribution in [2.24, 2.45) is 7.05 Å². The van der Waals surface area contributed by atoms with Crippen LogP contribution in [0.2, 0.25) is 0 Å². The molecule has 0 aliphatic carbocycles. The highest BCUT2D eigenvalue weighted by Gasteiger charge is 2.19. The van der Waals surface area contributed by atoms with Crippen LogP contribution in [0.15, 0.2) is 39.9 Å². The molecule has 0 saturated heterocycles. The van der Waals surface area contributed by atoms with E-state index in [1.165, 1.54) is 22.2 Å². The first-order valence-electron chi connectivity index (χ1n) is 8.11. The Kier molecular flexibility index (Phi) is 4.08. The number of carbonyl (C=O) groups excluding carboxylic acids is 1. The molecule has 3 heterocycles. The van der Waals surface area contributed by atoms with Crippen LogP contribution in [0.3, 0.4) is 0 Å². The van der Waals surface area contributed by atoms with E-state index in [-0.39, 0.29) is 11.5 Å². The quantitative estimate of drug-likeness (QED) is 0.585. The zero-order valence-corrected chi connectivity index (χ0v) is 15.6. The summed E-state index contributed by atoms with van der Waals surface area (Å²) in [5.74, 6) is 0.628. The summed E-state index contributed by atoms with van der Waals surface area (Å²) in [6.45, 7) is 3.47. The van der Waals surface area contributed by atoms with E-state index in [0.29, 0.717) is 38.1 Å². The maximum Gasteiger partial charge on any atom is 0.266 e. The van der Waals surface area contributed by atoms with Crippen LogP contribution in [0.4, 0.5) is 5.69 Å². The average Bonchev–Trinajstić information content (AvgIpc) is 3.22. The van der Waals surface area contributed by atoms with Gasteiger partial charge in [0.2, 0.25) is 11.7 Å². The Bertz CT molecular complexity index is 1240. The van der Waals surface area contributed by atoms with Crippen molar-refractivity contribution < 1.29 is 9.32 Å². The van der Waals surface area contributed by atoms with Crippen LogP contribution < -0.4 is 10.9 Å². The molecule has 1 aromatic carbocycles. The van der Waals surface area contributed by atoms with Gasteiger partial charge in [0, 0.05) is 25.2 Å². The van der Waals surface area contributed by atoms with Gasteiger partial charge in [-0.2, -0.15) is 4.98 Å². The van der Waals surface area contributed by atoms with Crippen molar-refractivity contribution in [2.75, 3.05) is 5.32 Å². The van der Waals surface area contributed by atoms with E-state index in [1.54, 1.807) is 39.1 Å². The number of carbonyl (C=O) groups is 1. The van der Waals surface area contributed by atoms with Crippen LogP contribution in [0.1, 0.15) is 21.1 Å². The number of aromatic nitrogens is 4. The lowest BCUT2D eigenvalue weighted by atomic mass is 10.1. The summed E-state index contributed by atoms with van der Waals surface area (Å²) in [5.41, 5.74) is 1.79. The van der Waals surface area contributed by atoms with Crippen molar-refractivity contribution in [2.45, 2.75) is 13.8 Å². The van der Waals surface area contributed by atoms with Crippen LogP contribution >= 0.6 is 11.3 Å². The molecule has 9 heteroatoms. The Morgan fingerprint density at radius 1 is 1.30 bits per heavy atom. The van der Waals surface area contributed by atoms with Gasteiger partial charge in [-0.3, -0.25) is 9.59 Å². The zero-order chi connectivity index (χ0) is 19.1. The van der Waals surface area contributed by atoms with E-state index in [4.69, 9.17) is 4.52 Å². The van der Waals surface area contributed by atoms with Gasteiger partial charge in [-0.15, -0.1) is 11.3 Å². The summed E-state index contributed by atoms with van der Waals surface area (Å²) in [6, 6.07) is 7.17. The highest BCUT2D eigenvalue weighted by Crippen LogP contribution is 2.28. The van der Waals surface area contributed by atoms with Crippen LogP contribution in [-0.2, 0) is 7.05 Å². The van der Waals surface area contributed by atoms with Crippen LogP contribution in [0.5, 0.6) is 0 Å². The first kappa shape index (κ1) is 17.1. The molecule has 0 aliphatic heterocycles. The monoisotopic (exact) mass is 381 g/mol. The molecule has 1 amide bonds. The van der Waals surface area contributed by atoms with Crippen LogP contribution in [0.25, 0.3) is 21.6 Å². The second-order valence-electron chi connectivity index (χ2n) is 6.07. The van der Waals surface area contributed by atoms with Gasteiger partial charge in [0.25, 0.3) is 11.5 Å². The largest absolute Gasteiger partial charge is 0.339 e. The number of amides is 1. The number of rotatable bonds is 3. The second-order valence-corrected chi connectivity index (χ2v) is 7.07. The van der Waals surface area contributed by atoms with Crippen LogP contribution in [0, 0.1) is 13.8 Å². The number of benzene rings is 1. The molecule has 0 fully saturated rings. The van der Waals surface area contributed by atoms with Gasteiger partial charge >= 0.3 is 0 Å². The number of nitrogens with zero attached hydrogens (tertiary/aromatic N) is 4. The van der Waals surface area contributed by atoms with Crippen molar-refractivity contribution in [1.82, 2.24) is 19.7 Å². The maximum atomic E-state index is 12.8. The van der Waals surface area contributed by atoms with Gasteiger partial charge in [-0.25, -0.2) is 4.98 Å². The van der Waals surface area contributed by atoms with E-state index >= 15 is 0 Å². The van der Waals surface area contributed by atoms with Gasteiger partial charge in [0.1, 0.15) is 4.83 Å². The summed E-state index contributed by atoms with van der Waals surface area (Å²) < 4.78 is 6.40. The zero-order valence-electron chi connectivity index (χ0n) is 14.8. The highest BCUT2D eigenvalue weighted by atomic mass is 32.1. The SMILES string of the molecule is Cc1nc(-c2cccc(NC(=O)c3sc4ncn(C)c(=O)c4c3C)c2)no1. The summed E-state index contributed by atoms with van der Waals surface area (Å²) in [4.78, 5) is 34.5. The molecule has 0 atom stereocenters. The Labute approximate surface area is 157 Å². The Hall–Kier alpha value is -3.33. The predicted octanol–water partition coefficient (Wildman–Crippen LogP) is 2.91. The minimum absolute atomic E-state index is 0.165. The van der Waals surface area contributed by atoms with Gasteiger partial charge in [0.05, 0.1) is 16.6 Å². The molecule has 136 valence electrons. The van der Waals surface area contributed by atoms with Crippen molar-refractivity contribution in [3.63, 3.8) is 0 Å². The standard InChI is InChI=1S/C18H15N5O3S/c1-9-13-17(19-8-23(3)18(13)25)27-14(9)16(24)21-12-6-4-5-11(7-12)15-20-10(2)26-22-15/h4-8H,1-3H3,(H,21,24). The van der Waals surface area contributed by atoms with Crippen LogP contribution in [-0.4, -0.2) is 25.6 Å². The lowest BCUT2D eigenvalue weighted by Gasteiger charge is -2.05.